The normalized spacial score (nSPS) is 15.3. The van der Waals surface area contributed by atoms with Crippen molar-refractivity contribution in [2.24, 2.45) is 4.99 Å². The van der Waals surface area contributed by atoms with E-state index < -0.39 is 0 Å². The van der Waals surface area contributed by atoms with Crippen molar-refractivity contribution < 1.29 is 10.2 Å². The van der Waals surface area contributed by atoms with Crippen LogP contribution >= 0.6 is 11.3 Å². The molecule has 162 valence electrons. The smallest absolute Gasteiger partial charge is 0.199 e. The van der Waals surface area contributed by atoms with Gasteiger partial charge in [0.25, 0.3) is 0 Å². The fourth-order valence-corrected chi connectivity index (χ4v) is 4.29. The van der Waals surface area contributed by atoms with Crippen molar-refractivity contribution in [1.29, 1.82) is 0 Å². The highest BCUT2D eigenvalue weighted by Gasteiger charge is 2.20. The van der Waals surface area contributed by atoms with Crippen LogP contribution in [-0.4, -0.2) is 65.3 Å². The number of phenolic OH excluding ortho intramolecular Hbond substituents is 1. The number of nitrogens with zero attached hydrogens (tertiary/aromatic N) is 3. The summed E-state index contributed by atoms with van der Waals surface area (Å²) in [7, 11) is 0. The number of aliphatic hydroxyl groups excluding tert-OH is 1. The topological polar surface area (TPSA) is 71.3 Å². The summed E-state index contributed by atoms with van der Waals surface area (Å²) in [5.41, 5.74) is 2.77. The zero-order valence-corrected chi connectivity index (χ0v) is 18.3. The van der Waals surface area contributed by atoms with Crippen LogP contribution in [0.25, 0.3) is 11.1 Å². The van der Waals surface area contributed by atoms with Gasteiger partial charge in [-0.05, 0) is 34.7 Å². The van der Waals surface area contributed by atoms with Crippen LogP contribution in [0.15, 0.2) is 71.0 Å². The number of piperazine rings is 1. The molecule has 6 nitrogen and oxygen atoms in total. The zero-order valence-electron chi connectivity index (χ0n) is 17.4. The second kappa shape index (κ2) is 10.4. The second-order valence-electron chi connectivity index (χ2n) is 7.49. The molecule has 0 unspecified atom stereocenters. The van der Waals surface area contributed by atoms with Crippen LogP contribution in [0.5, 0.6) is 5.75 Å². The molecule has 31 heavy (non-hydrogen) atoms. The molecule has 2 aromatic carbocycles. The maximum atomic E-state index is 10.5. The quantitative estimate of drug-likeness (QED) is 0.312. The van der Waals surface area contributed by atoms with Gasteiger partial charge in [0, 0.05) is 37.6 Å². The van der Waals surface area contributed by atoms with E-state index in [2.05, 4.69) is 38.7 Å². The standard InChI is InChI=1S/C24H28N4O2S/c29-15-14-27-10-12-28(13-11-27)24(25-18-21-7-4-16-31-21)26-22-17-20(8-9-23(22)30)19-5-2-1-3-6-19/h1-9,16-17,29-30H,10-15,18H2,(H,25,26). The Bertz CT molecular complexity index is 984. The van der Waals surface area contributed by atoms with Gasteiger partial charge >= 0.3 is 0 Å². The number of β-amino-alcohol motifs (C(OH)–C–C–N with tert-alkyl or cyclic N) is 1. The van der Waals surface area contributed by atoms with Gasteiger partial charge in [0.15, 0.2) is 5.96 Å². The van der Waals surface area contributed by atoms with Crippen LogP contribution in [-0.2, 0) is 6.54 Å². The lowest BCUT2D eigenvalue weighted by molar-refractivity contribution is 0.147. The van der Waals surface area contributed by atoms with Crippen molar-refractivity contribution in [3.63, 3.8) is 0 Å². The molecule has 3 N–H and O–H groups in total. The minimum Gasteiger partial charge on any atom is -0.506 e. The number of guanidine groups is 1. The molecular formula is C24H28N4O2S. The molecule has 0 atom stereocenters. The fourth-order valence-electron chi connectivity index (χ4n) is 3.67. The minimum atomic E-state index is 0.178. The summed E-state index contributed by atoms with van der Waals surface area (Å²) in [5.74, 6) is 0.958. The third-order valence-electron chi connectivity index (χ3n) is 5.40. The van der Waals surface area contributed by atoms with Crippen LogP contribution < -0.4 is 5.32 Å². The number of hydrogen-bond acceptors (Lipinski definition) is 5. The van der Waals surface area contributed by atoms with Crippen molar-refractivity contribution in [3.05, 3.63) is 70.9 Å². The third-order valence-corrected chi connectivity index (χ3v) is 6.26. The van der Waals surface area contributed by atoms with E-state index in [1.165, 1.54) is 4.88 Å². The Morgan fingerprint density at radius 1 is 0.968 bits per heavy atom. The Morgan fingerprint density at radius 3 is 2.48 bits per heavy atom. The summed E-state index contributed by atoms with van der Waals surface area (Å²) >= 11 is 1.69. The maximum absolute atomic E-state index is 10.5. The molecule has 4 rings (SSSR count). The largest absolute Gasteiger partial charge is 0.506 e. The molecule has 0 radical (unpaired) electrons. The van der Waals surface area contributed by atoms with Crippen LogP contribution in [0.2, 0.25) is 0 Å². The summed E-state index contributed by atoms with van der Waals surface area (Å²) in [5, 5.41) is 25.2. The first-order chi connectivity index (χ1) is 15.2. The molecule has 0 saturated carbocycles. The molecule has 0 spiro atoms. The number of benzene rings is 2. The van der Waals surface area contributed by atoms with Crippen molar-refractivity contribution in [1.82, 2.24) is 9.80 Å². The number of aromatic hydroxyl groups is 1. The van der Waals surface area contributed by atoms with E-state index in [4.69, 9.17) is 4.99 Å². The number of thiophene rings is 1. The average Bonchev–Trinajstić information content (AvgIpc) is 3.33. The monoisotopic (exact) mass is 436 g/mol. The maximum Gasteiger partial charge on any atom is 0.199 e. The van der Waals surface area contributed by atoms with Crippen LogP contribution in [0.4, 0.5) is 5.69 Å². The lowest BCUT2D eigenvalue weighted by Gasteiger charge is -2.36. The molecule has 1 aliphatic rings. The summed E-state index contributed by atoms with van der Waals surface area (Å²) in [6.07, 6.45) is 0. The summed E-state index contributed by atoms with van der Waals surface area (Å²) in [6.45, 7) is 4.84. The number of rotatable bonds is 6. The van der Waals surface area contributed by atoms with E-state index >= 15 is 0 Å². The van der Waals surface area contributed by atoms with Gasteiger partial charge in [-0.1, -0.05) is 42.5 Å². The molecule has 1 aliphatic heterocycles. The molecule has 1 saturated heterocycles. The van der Waals surface area contributed by atoms with Crippen LogP contribution in [0, 0.1) is 0 Å². The van der Waals surface area contributed by atoms with Crippen molar-refractivity contribution in [3.8, 4) is 16.9 Å². The Hall–Kier alpha value is -2.87. The Kier molecular flexibility index (Phi) is 7.19. The summed E-state index contributed by atoms with van der Waals surface area (Å²) in [6, 6.07) is 19.9. The SMILES string of the molecule is OCCN1CCN(C(=NCc2cccs2)Nc2cc(-c3ccccc3)ccc2O)CC1. The van der Waals surface area contributed by atoms with E-state index in [0.717, 1.165) is 43.3 Å². The third kappa shape index (κ3) is 5.64. The molecule has 0 amide bonds. The van der Waals surface area contributed by atoms with E-state index in [9.17, 15) is 10.2 Å². The zero-order chi connectivity index (χ0) is 21.5. The molecule has 3 aromatic rings. The fraction of sp³-hybridized carbons (Fsp3) is 0.292. The number of aliphatic imine (C=N–C) groups is 1. The first kappa shape index (κ1) is 21.4. The first-order valence-electron chi connectivity index (χ1n) is 10.5. The molecule has 7 heteroatoms. The lowest BCUT2D eigenvalue weighted by atomic mass is 10.0. The molecule has 0 bridgehead atoms. The van der Waals surface area contributed by atoms with Gasteiger partial charge in [-0.25, -0.2) is 4.99 Å². The van der Waals surface area contributed by atoms with Gasteiger partial charge in [-0.15, -0.1) is 11.3 Å². The second-order valence-corrected chi connectivity index (χ2v) is 8.53. The van der Waals surface area contributed by atoms with Crippen molar-refractivity contribution in [2.45, 2.75) is 6.54 Å². The number of aliphatic hydroxyl groups is 1. The number of anilines is 1. The van der Waals surface area contributed by atoms with Crippen LogP contribution in [0.1, 0.15) is 4.88 Å². The Labute approximate surface area is 187 Å². The number of hydrogen-bond donors (Lipinski definition) is 3. The van der Waals surface area contributed by atoms with Crippen molar-refractivity contribution in [2.75, 3.05) is 44.6 Å². The van der Waals surface area contributed by atoms with Gasteiger partial charge < -0.3 is 20.4 Å². The predicted molar refractivity (Wildman–Crippen MR) is 128 cm³/mol. The van der Waals surface area contributed by atoms with E-state index in [0.29, 0.717) is 18.8 Å². The average molecular weight is 437 g/mol. The van der Waals surface area contributed by atoms with E-state index in [1.54, 1.807) is 17.4 Å². The van der Waals surface area contributed by atoms with Gasteiger partial charge in [0.2, 0.25) is 0 Å². The highest BCUT2D eigenvalue weighted by atomic mass is 32.1. The van der Waals surface area contributed by atoms with Gasteiger partial charge in [0.1, 0.15) is 5.75 Å². The highest BCUT2D eigenvalue weighted by molar-refractivity contribution is 7.09. The minimum absolute atomic E-state index is 0.178. The number of phenols is 1. The Balaban J connectivity index is 1.56. The van der Waals surface area contributed by atoms with E-state index in [1.807, 2.05) is 36.4 Å². The lowest BCUT2D eigenvalue weighted by Crippen LogP contribution is -2.51. The first-order valence-corrected chi connectivity index (χ1v) is 11.4. The molecule has 2 heterocycles. The predicted octanol–water partition coefficient (Wildman–Crippen LogP) is 3.70. The van der Waals surface area contributed by atoms with Crippen LogP contribution in [0.3, 0.4) is 0 Å². The summed E-state index contributed by atoms with van der Waals surface area (Å²) in [4.78, 5) is 10.5. The van der Waals surface area contributed by atoms with Gasteiger partial charge in [-0.2, -0.15) is 0 Å². The Morgan fingerprint density at radius 2 is 1.77 bits per heavy atom. The van der Waals surface area contributed by atoms with Crippen molar-refractivity contribution >= 4 is 23.0 Å². The molecule has 0 aliphatic carbocycles. The molecule has 1 aromatic heterocycles. The van der Waals surface area contributed by atoms with Gasteiger partial charge in [-0.3, -0.25) is 4.90 Å². The molecular weight excluding hydrogens is 408 g/mol. The molecule has 1 fully saturated rings. The highest BCUT2D eigenvalue weighted by Crippen LogP contribution is 2.30. The van der Waals surface area contributed by atoms with E-state index in [-0.39, 0.29) is 12.4 Å². The summed E-state index contributed by atoms with van der Waals surface area (Å²) < 4.78 is 0. The van der Waals surface area contributed by atoms with Gasteiger partial charge in [0.05, 0.1) is 18.8 Å². The number of nitrogens with one attached hydrogen (secondary N) is 1.